The monoisotopic (exact) mass is 445 g/mol. The number of carbonyl (C=O) groups excluding carboxylic acids is 2. The van der Waals surface area contributed by atoms with Gasteiger partial charge in [-0.25, -0.2) is 9.59 Å². The van der Waals surface area contributed by atoms with Crippen LogP contribution >= 0.6 is 0 Å². The molecule has 168 valence electrons. The maximum Gasteiger partial charge on any atom is 0.336 e. The molecule has 1 unspecified atom stereocenters. The Bertz CT molecular complexity index is 1340. The van der Waals surface area contributed by atoms with E-state index >= 15 is 0 Å². The van der Waals surface area contributed by atoms with Crippen LogP contribution in [0.4, 0.5) is 0 Å². The van der Waals surface area contributed by atoms with Crippen LogP contribution in [0.25, 0.3) is 11.0 Å². The first-order valence-corrected chi connectivity index (χ1v) is 10.5. The van der Waals surface area contributed by atoms with Gasteiger partial charge in [0.25, 0.3) is 5.91 Å². The Hall–Kier alpha value is -4.13. The molecule has 0 saturated heterocycles. The van der Waals surface area contributed by atoms with E-state index in [4.69, 9.17) is 13.6 Å². The number of amides is 1. The van der Waals surface area contributed by atoms with Gasteiger partial charge in [0.1, 0.15) is 18.2 Å². The zero-order valence-corrected chi connectivity index (χ0v) is 18.3. The number of carbonyl (C=O) groups is 2. The van der Waals surface area contributed by atoms with Gasteiger partial charge in [-0.1, -0.05) is 42.5 Å². The van der Waals surface area contributed by atoms with Gasteiger partial charge >= 0.3 is 11.6 Å². The highest BCUT2D eigenvalue weighted by molar-refractivity contribution is 5.94. The van der Waals surface area contributed by atoms with Gasteiger partial charge in [-0.3, -0.25) is 4.79 Å². The Morgan fingerprint density at radius 2 is 1.82 bits per heavy atom. The Kier molecular flexibility index (Phi) is 6.40. The van der Waals surface area contributed by atoms with Crippen molar-refractivity contribution in [1.82, 2.24) is 5.32 Å². The average molecular weight is 445 g/mol. The van der Waals surface area contributed by atoms with Crippen molar-refractivity contribution in [1.29, 1.82) is 0 Å². The van der Waals surface area contributed by atoms with E-state index in [1.165, 1.54) is 18.4 Å². The second-order valence-electron chi connectivity index (χ2n) is 7.78. The summed E-state index contributed by atoms with van der Waals surface area (Å²) < 4.78 is 16.1. The SMILES string of the molecule is Cc1ccc2c(COC(=O)C(Cc3ccccc3)NC(=O)c3ccco3)cc(=O)oc2c1C. The number of furan rings is 1. The van der Waals surface area contributed by atoms with Crippen LogP contribution in [0.15, 0.2) is 80.6 Å². The Morgan fingerprint density at radius 3 is 2.55 bits per heavy atom. The summed E-state index contributed by atoms with van der Waals surface area (Å²) in [6.45, 7) is 3.67. The first-order chi connectivity index (χ1) is 15.9. The molecule has 0 spiro atoms. The van der Waals surface area contributed by atoms with E-state index in [9.17, 15) is 14.4 Å². The molecule has 7 heteroatoms. The van der Waals surface area contributed by atoms with Crippen molar-refractivity contribution < 1.29 is 23.2 Å². The molecule has 0 aliphatic heterocycles. The predicted octanol–water partition coefficient (Wildman–Crippen LogP) is 4.09. The summed E-state index contributed by atoms with van der Waals surface area (Å²) in [5.74, 6) is -1.04. The molecular weight excluding hydrogens is 422 g/mol. The van der Waals surface area contributed by atoms with Crippen molar-refractivity contribution in [3.05, 3.63) is 105 Å². The van der Waals surface area contributed by atoms with Crippen LogP contribution in [0.2, 0.25) is 0 Å². The lowest BCUT2D eigenvalue weighted by molar-refractivity contribution is -0.147. The summed E-state index contributed by atoms with van der Waals surface area (Å²) in [5.41, 5.74) is 3.19. The van der Waals surface area contributed by atoms with Crippen LogP contribution in [0.3, 0.4) is 0 Å². The summed E-state index contributed by atoms with van der Waals surface area (Å²) in [7, 11) is 0. The molecule has 4 rings (SSSR count). The first kappa shape index (κ1) is 22.1. The zero-order valence-electron chi connectivity index (χ0n) is 18.3. The number of nitrogens with one attached hydrogen (secondary N) is 1. The predicted molar refractivity (Wildman–Crippen MR) is 122 cm³/mol. The summed E-state index contributed by atoms with van der Waals surface area (Å²) in [6.07, 6.45) is 1.62. The number of rotatable bonds is 7. The van der Waals surface area contributed by atoms with Crippen LogP contribution in [0.1, 0.15) is 32.8 Å². The van der Waals surface area contributed by atoms with Gasteiger partial charge in [-0.2, -0.15) is 0 Å². The Morgan fingerprint density at radius 1 is 1.03 bits per heavy atom. The second kappa shape index (κ2) is 9.56. The van der Waals surface area contributed by atoms with E-state index in [2.05, 4.69) is 5.32 Å². The van der Waals surface area contributed by atoms with E-state index in [-0.39, 0.29) is 18.8 Å². The van der Waals surface area contributed by atoms with E-state index in [0.717, 1.165) is 16.7 Å². The number of benzene rings is 2. The van der Waals surface area contributed by atoms with Crippen molar-refractivity contribution >= 4 is 22.8 Å². The minimum Gasteiger partial charge on any atom is -0.459 e. The number of ether oxygens (including phenoxy) is 1. The van der Waals surface area contributed by atoms with Crippen LogP contribution in [0, 0.1) is 13.8 Å². The molecule has 1 atom stereocenters. The molecule has 1 N–H and O–H groups in total. The fourth-order valence-electron chi connectivity index (χ4n) is 3.57. The van der Waals surface area contributed by atoms with Gasteiger partial charge < -0.3 is 18.9 Å². The highest BCUT2D eigenvalue weighted by Gasteiger charge is 2.25. The standard InChI is InChI=1S/C26H23NO6/c1-16-10-11-20-19(14-23(28)33-24(20)17(16)2)15-32-26(30)21(13-18-7-4-3-5-8-18)27-25(29)22-9-6-12-31-22/h3-12,14,21H,13,15H2,1-2H3,(H,27,29). The van der Waals surface area contributed by atoms with Gasteiger partial charge in [-0.05, 0) is 42.7 Å². The molecule has 2 aromatic carbocycles. The molecule has 0 aliphatic carbocycles. The second-order valence-corrected chi connectivity index (χ2v) is 7.78. The van der Waals surface area contributed by atoms with E-state index < -0.39 is 23.5 Å². The maximum atomic E-state index is 13.0. The summed E-state index contributed by atoms with van der Waals surface area (Å²) in [6, 6.07) is 16.5. The van der Waals surface area contributed by atoms with Gasteiger partial charge in [0.2, 0.25) is 0 Å². The highest BCUT2D eigenvalue weighted by atomic mass is 16.5. The fourth-order valence-corrected chi connectivity index (χ4v) is 3.57. The third-order valence-corrected chi connectivity index (χ3v) is 5.50. The molecule has 0 aliphatic rings. The van der Waals surface area contributed by atoms with Crippen LogP contribution in [-0.4, -0.2) is 17.9 Å². The molecular formula is C26H23NO6. The van der Waals surface area contributed by atoms with E-state index in [1.54, 1.807) is 6.07 Å². The van der Waals surface area contributed by atoms with Crippen molar-refractivity contribution in [2.75, 3.05) is 0 Å². The number of hydrogen-bond donors (Lipinski definition) is 1. The minimum absolute atomic E-state index is 0.0957. The molecule has 0 fully saturated rings. The normalized spacial score (nSPS) is 11.8. The summed E-state index contributed by atoms with van der Waals surface area (Å²) in [5, 5.41) is 3.38. The summed E-state index contributed by atoms with van der Waals surface area (Å²) >= 11 is 0. The smallest absolute Gasteiger partial charge is 0.336 e. The number of esters is 1. The van der Waals surface area contributed by atoms with Crippen LogP contribution in [-0.2, 0) is 22.6 Å². The van der Waals surface area contributed by atoms with Crippen molar-refractivity contribution in [2.45, 2.75) is 32.9 Å². The lowest BCUT2D eigenvalue weighted by Crippen LogP contribution is -2.43. The fraction of sp³-hybridized carbons (Fsp3) is 0.192. The third-order valence-electron chi connectivity index (χ3n) is 5.50. The molecule has 1 amide bonds. The van der Waals surface area contributed by atoms with E-state index in [0.29, 0.717) is 16.5 Å². The number of fused-ring (bicyclic) bond motifs is 1. The molecule has 2 heterocycles. The maximum absolute atomic E-state index is 13.0. The number of aryl methyl sites for hydroxylation is 2. The summed E-state index contributed by atoms with van der Waals surface area (Å²) in [4.78, 5) is 37.6. The van der Waals surface area contributed by atoms with Crippen molar-refractivity contribution in [2.24, 2.45) is 0 Å². The van der Waals surface area contributed by atoms with E-state index in [1.807, 2.05) is 56.3 Å². The third kappa shape index (κ3) is 5.03. The quantitative estimate of drug-likeness (QED) is 0.340. The average Bonchev–Trinajstić information content (AvgIpc) is 3.35. The van der Waals surface area contributed by atoms with Crippen LogP contribution in [0.5, 0.6) is 0 Å². The minimum atomic E-state index is -0.944. The van der Waals surface area contributed by atoms with Gasteiger partial charge in [0.15, 0.2) is 5.76 Å². The largest absolute Gasteiger partial charge is 0.459 e. The van der Waals surface area contributed by atoms with Gasteiger partial charge in [0, 0.05) is 23.4 Å². The molecule has 0 radical (unpaired) electrons. The Balaban J connectivity index is 1.56. The first-order valence-electron chi connectivity index (χ1n) is 10.5. The highest BCUT2D eigenvalue weighted by Crippen LogP contribution is 2.24. The molecule has 2 aromatic heterocycles. The molecule has 33 heavy (non-hydrogen) atoms. The molecule has 0 bridgehead atoms. The van der Waals surface area contributed by atoms with Crippen molar-refractivity contribution in [3.8, 4) is 0 Å². The van der Waals surface area contributed by atoms with Crippen molar-refractivity contribution in [3.63, 3.8) is 0 Å². The van der Waals surface area contributed by atoms with Crippen LogP contribution < -0.4 is 10.9 Å². The molecule has 4 aromatic rings. The number of hydrogen-bond acceptors (Lipinski definition) is 6. The topological polar surface area (TPSA) is 98.7 Å². The zero-order chi connectivity index (χ0) is 23.4. The molecule has 7 nitrogen and oxygen atoms in total. The Labute approximate surface area is 190 Å². The van der Waals surface area contributed by atoms with Gasteiger partial charge in [-0.15, -0.1) is 0 Å². The molecule has 0 saturated carbocycles. The van der Waals surface area contributed by atoms with Gasteiger partial charge in [0.05, 0.1) is 6.26 Å². The lowest BCUT2D eigenvalue weighted by atomic mass is 10.0. The lowest BCUT2D eigenvalue weighted by Gasteiger charge is -2.18.